The average Bonchev–Trinajstić information content (AvgIpc) is 2.91. The maximum absolute atomic E-state index is 12.4. The Hall–Kier alpha value is -2.18. The van der Waals surface area contributed by atoms with Crippen molar-refractivity contribution in [2.75, 3.05) is 23.4 Å². The molecule has 2 aliphatic rings. The lowest BCUT2D eigenvalue weighted by Crippen LogP contribution is -2.37. The Labute approximate surface area is 158 Å². The number of amidine groups is 1. The minimum Gasteiger partial charge on any atom is -0.369 e. The van der Waals surface area contributed by atoms with Crippen molar-refractivity contribution in [3.05, 3.63) is 29.6 Å². The Morgan fingerprint density at radius 2 is 2.19 bits per heavy atom. The second-order valence-electron chi connectivity index (χ2n) is 5.45. The van der Waals surface area contributed by atoms with Crippen LogP contribution in [0.25, 0.3) is 0 Å². The van der Waals surface area contributed by atoms with Gasteiger partial charge in [-0.1, -0.05) is 11.3 Å². The van der Waals surface area contributed by atoms with Gasteiger partial charge in [0.15, 0.2) is 5.13 Å². The summed E-state index contributed by atoms with van der Waals surface area (Å²) in [6, 6.07) is 0. The van der Waals surface area contributed by atoms with E-state index < -0.39 is 15.9 Å². The summed E-state index contributed by atoms with van der Waals surface area (Å²) in [5.41, 5.74) is 6.21. The molecule has 0 bridgehead atoms. The third-order valence-electron chi connectivity index (χ3n) is 3.41. The van der Waals surface area contributed by atoms with E-state index in [1.54, 1.807) is 18.0 Å². The third kappa shape index (κ3) is 4.31. The zero-order valence-corrected chi connectivity index (χ0v) is 16.1. The lowest BCUT2D eigenvalue weighted by Gasteiger charge is -2.26. The second kappa shape index (κ2) is 7.21. The van der Waals surface area contributed by atoms with E-state index in [1.165, 1.54) is 35.3 Å². The number of nitrogens with one attached hydrogen (secondary N) is 1. The van der Waals surface area contributed by atoms with E-state index in [4.69, 9.17) is 5.73 Å². The number of sulfonamides is 1. The van der Waals surface area contributed by atoms with Crippen LogP contribution in [0, 0.1) is 6.92 Å². The summed E-state index contributed by atoms with van der Waals surface area (Å²) in [6.07, 6.45) is 4.56. The van der Waals surface area contributed by atoms with Crippen LogP contribution in [0.4, 0.5) is 5.13 Å². The lowest BCUT2D eigenvalue weighted by molar-refractivity contribution is -0.115. The molecule has 2 aliphatic heterocycles. The van der Waals surface area contributed by atoms with E-state index in [0.717, 1.165) is 4.21 Å². The summed E-state index contributed by atoms with van der Waals surface area (Å²) in [6.45, 7) is 2.03. The summed E-state index contributed by atoms with van der Waals surface area (Å²) in [4.78, 5) is 29.2. The number of hydrogen-bond acceptors (Lipinski definition) is 8. The number of hydrogen-bond donors (Lipinski definition) is 2. The molecule has 0 fully saturated rings. The largest absolute Gasteiger partial charge is 0.369 e. The van der Waals surface area contributed by atoms with Crippen molar-refractivity contribution in [2.24, 2.45) is 10.1 Å². The number of aromatic nitrogens is 1. The SMILES string of the molecule is Cc1nc(NC(=O)C2=CN3CCS(=O)(=O)N=C3C=C2)sc1SCC(N)=O. The van der Waals surface area contributed by atoms with Gasteiger partial charge in [-0.3, -0.25) is 14.9 Å². The molecular formula is C14H15N5O4S3. The Kier molecular flexibility index (Phi) is 5.16. The van der Waals surface area contributed by atoms with Crippen molar-refractivity contribution in [3.8, 4) is 0 Å². The van der Waals surface area contributed by atoms with Crippen LogP contribution < -0.4 is 11.1 Å². The fourth-order valence-electron chi connectivity index (χ4n) is 2.21. The molecule has 0 unspecified atom stereocenters. The molecule has 3 rings (SSSR count). The van der Waals surface area contributed by atoms with Gasteiger partial charge < -0.3 is 10.6 Å². The smallest absolute Gasteiger partial charge is 0.258 e. The van der Waals surface area contributed by atoms with Crippen molar-refractivity contribution in [1.82, 2.24) is 9.88 Å². The first-order valence-electron chi connectivity index (χ1n) is 7.42. The number of thiazole rings is 1. The number of nitrogens with two attached hydrogens (primary N) is 1. The second-order valence-corrected chi connectivity index (χ2v) is 9.45. The highest BCUT2D eigenvalue weighted by atomic mass is 32.2. The number of anilines is 1. The lowest BCUT2D eigenvalue weighted by atomic mass is 10.2. The van der Waals surface area contributed by atoms with Gasteiger partial charge in [-0.15, -0.1) is 16.2 Å². The normalized spacial score (nSPS) is 18.0. The maximum atomic E-state index is 12.4. The fraction of sp³-hybridized carbons (Fsp3) is 0.286. The fourth-order valence-corrected chi connectivity index (χ4v) is 5.05. The molecule has 9 nitrogen and oxygen atoms in total. The van der Waals surface area contributed by atoms with Gasteiger partial charge in [0.1, 0.15) is 5.84 Å². The topological polar surface area (TPSA) is 135 Å². The van der Waals surface area contributed by atoms with Crippen LogP contribution in [0.2, 0.25) is 0 Å². The van der Waals surface area contributed by atoms with Crippen molar-refractivity contribution in [2.45, 2.75) is 11.1 Å². The Morgan fingerprint density at radius 3 is 2.92 bits per heavy atom. The first-order chi connectivity index (χ1) is 12.2. The number of aryl methyl sites for hydroxylation is 1. The molecule has 0 saturated carbocycles. The van der Waals surface area contributed by atoms with Crippen molar-refractivity contribution in [1.29, 1.82) is 0 Å². The van der Waals surface area contributed by atoms with Crippen LogP contribution in [0.5, 0.6) is 0 Å². The highest BCUT2D eigenvalue weighted by Gasteiger charge is 2.25. The third-order valence-corrected chi connectivity index (χ3v) is 7.03. The number of nitrogens with zero attached hydrogens (tertiary/aromatic N) is 3. The van der Waals surface area contributed by atoms with Crippen LogP contribution in [0.3, 0.4) is 0 Å². The Bertz CT molecular complexity index is 961. The summed E-state index contributed by atoms with van der Waals surface area (Å²) >= 11 is 2.53. The molecule has 3 N–H and O–H groups in total. The number of carbonyl (C=O) groups is 2. The molecule has 26 heavy (non-hydrogen) atoms. The molecule has 0 radical (unpaired) electrons. The highest BCUT2D eigenvalue weighted by molar-refractivity contribution is 8.01. The molecule has 0 aromatic carbocycles. The van der Waals surface area contributed by atoms with Crippen LogP contribution in [-0.2, 0) is 19.6 Å². The number of primary amides is 1. The van der Waals surface area contributed by atoms with Gasteiger partial charge in [-0.25, -0.2) is 13.4 Å². The zero-order chi connectivity index (χ0) is 18.9. The van der Waals surface area contributed by atoms with Gasteiger partial charge >= 0.3 is 0 Å². The number of fused-ring (bicyclic) bond motifs is 1. The van der Waals surface area contributed by atoms with Crippen LogP contribution in [-0.4, -0.2) is 54.0 Å². The van der Waals surface area contributed by atoms with Crippen LogP contribution in [0.15, 0.2) is 32.5 Å². The molecule has 3 heterocycles. The molecule has 12 heteroatoms. The van der Waals surface area contributed by atoms with E-state index in [0.29, 0.717) is 22.2 Å². The minimum absolute atomic E-state index is 0.0954. The standard InChI is InChI=1S/C14H15N5O4S3/c1-8-13(24-7-10(15)20)25-14(16-8)17-12(21)9-2-3-11-18-26(22,23)5-4-19(11)6-9/h2-3,6H,4-5,7H2,1H3,(H2,15,20)(H,16,17,21). The van der Waals surface area contributed by atoms with Gasteiger partial charge in [-0.2, -0.15) is 0 Å². The summed E-state index contributed by atoms with van der Waals surface area (Å²) in [7, 11) is -3.43. The summed E-state index contributed by atoms with van der Waals surface area (Å²) in [5, 5.41) is 3.12. The van der Waals surface area contributed by atoms with E-state index >= 15 is 0 Å². The van der Waals surface area contributed by atoms with E-state index in [1.807, 2.05) is 0 Å². The Morgan fingerprint density at radius 1 is 1.42 bits per heavy atom. The first kappa shape index (κ1) is 18.6. The van der Waals surface area contributed by atoms with Gasteiger partial charge in [-0.05, 0) is 19.1 Å². The molecule has 0 aliphatic carbocycles. The summed E-state index contributed by atoms with van der Waals surface area (Å²) < 4.78 is 27.5. The minimum atomic E-state index is -3.43. The van der Waals surface area contributed by atoms with Gasteiger partial charge in [0.25, 0.3) is 15.9 Å². The maximum Gasteiger partial charge on any atom is 0.258 e. The van der Waals surface area contributed by atoms with E-state index in [2.05, 4.69) is 14.7 Å². The van der Waals surface area contributed by atoms with Crippen molar-refractivity contribution >= 4 is 55.9 Å². The molecule has 138 valence electrons. The quantitative estimate of drug-likeness (QED) is 0.670. The van der Waals surface area contributed by atoms with Gasteiger partial charge in [0.05, 0.1) is 27.0 Å². The molecule has 2 amide bonds. The van der Waals surface area contributed by atoms with E-state index in [-0.39, 0.29) is 24.0 Å². The number of amides is 2. The number of thioether (sulfide) groups is 1. The monoisotopic (exact) mass is 413 g/mol. The first-order valence-corrected chi connectivity index (χ1v) is 10.8. The Balaban J connectivity index is 1.70. The molecule has 0 saturated heterocycles. The number of rotatable bonds is 5. The summed E-state index contributed by atoms with van der Waals surface area (Å²) in [5.74, 6) is -0.449. The van der Waals surface area contributed by atoms with Crippen LogP contribution >= 0.6 is 23.1 Å². The zero-order valence-electron chi connectivity index (χ0n) is 13.6. The highest BCUT2D eigenvalue weighted by Crippen LogP contribution is 2.32. The predicted molar refractivity (Wildman–Crippen MR) is 101 cm³/mol. The molecule has 1 aromatic heterocycles. The van der Waals surface area contributed by atoms with Crippen molar-refractivity contribution in [3.63, 3.8) is 0 Å². The van der Waals surface area contributed by atoms with Gasteiger partial charge in [0, 0.05) is 12.7 Å². The molecule has 0 atom stereocenters. The molecule has 1 aromatic rings. The molecular weight excluding hydrogens is 398 g/mol. The number of carbonyl (C=O) groups excluding carboxylic acids is 2. The average molecular weight is 414 g/mol. The van der Waals surface area contributed by atoms with E-state index in [9.17, 15) is 18.0 Å². The molecule has 0 spiro atoms. The van der Waals surface area contributed by atoms with Gasteiger partial charge in [0.2, 0.25) is 5.91 Å². The van der Waals surface area contributed by atoms with Crippen LogP contribution in [0.1, 0.15) is 5.69 Å². The predicted octanol–water partition coefficient (Wildman–Crippen LogP) is 0.465. The van der Waals surface area contributed by atoms with Crippen molar-refractivity contribution < 1.29 is 18.0 Å².